The highest BCUT2D eigenvalue weighted by atomic mass is 35.5. The third-order valence-corrected chi connectivity index (χ3v) is 22.1. The van der Waals surface area contributed by atoms with E-state index in [4.69, 9.17) is 46.4 Å². The van der Waals surface area contributed by atoms with E-state index in [-0.39, 0.29) is 116 Å². The predicted octanol–water partition coefficient (Wildman–Crippen LogP) is 14.1. The van der Waals surface area contributed by atoms with Crippen LogP contribution in [0.2, 0.25) is 20.1 Å². The second kappa shape index (κ2) is 37.4. The molecule has 31 heteroatoms. The van der Waals surface area contributed by atoms with Crippen molar-refractivity contribution in [2.24, 2.45) is 5.92 Å². The fraction of sp³-hybridized carbons (Fsp3) is 0.413. The van der Waals surface area contributed by atoms with Crippen LogP contribution in [0.4, 0.5) is 37.7 Å². The summed E-state index contributed by atoms with van der Waals surface area (Å²) in [5, 5.41) is 7.17. The van der Waals surface area contributed by atoms with Gasteiger partial charge in [0.15, 0.2) is 0 Å². The van der Waals surface area contributed by atoms with E-state index in [0.29, 0.717) is 87.1 Å². The average molecular weight is 1630 g/mol. The van der Waals surface area contributed by atoms with E-state index in [0.717, 1.165) is 44.9 Å². The molecule has 2 spiro atoms. The first kappa shape index (κ1) is 89.7. The first-order chi connectivity index (χ1) is 48.1. The average Bonchev–Trinajstić information content (AvgIpc) is 0.773. The molecule has 4 aliphatic rings. The number of likely N-dealkylation sites (tertiary alicyclic amines) is 1. The minimum Gasteiger partial charge on any atom is -0.346 e. The van der Waals surface area contributed by atoms with E-state index >= 15 is 0 Å². The molecule has 17 nitrogen and oxygen atoms in total. The van der Waals surface area contributed by atoms with Gasteiger partial charge in [0.05, 0.1) is 55.1 Å². The van der Waals surface area contributed by atoms with Crippen molar-refractivity contribution in [3.63, 3.8) is 0 Å². The summed E-state index contributed by atoms with van der Waals surface area (Å²) >= 11 is 25.5. The Balaban J connectivity index is 0.000000367. The number of nitrogens with one attached hydrogen (secondary N) is 2. The lowest BCUT2D eigenvalue weighted by Gasteiger charge is -2.48. The molecule has 2 fully saturated rings. The highest BCUT2D eigenvalue weighted by molar-refractivity contribution is 7.59. The van der Waals surface area contributed by atoms with Crippen LogP contribution in [-0.2, 0) is 73.4 Å². The summed E-state index contributed by atoms with van der Waals surface area (Å²) < 4.78 is 80.4. The highest BCUT2D eigenvalue weighted by Gasteiger charge is 2.50. The van der Waals surface area contributed by atoms with Crippen molar-refractivity contribution >= 4 is 157 Å². The molecule has 576 valence electrons. The zero-order valence-electron chi connectivity index (χ0n) is 59.2. The lowest BCUT2D eigenvalue weighted by Crippen LogP contribution is -2.59. The molecular formula is C75H87Cl6F6N9O8S2. The van der Waals surface area contributed by atoms with Crippen LogP contribution in [-0.4, -0.2) is 159 Å². The van der Waals surface area contributed by atoms with Crippen LogP contribution >= 0.6 is 98.2 Å². The van der Waals surface area contributed by atoms with Crippen molar-refractivity contribution in [1.29, 1.82) is 0 Å². The number of likely N-dealkylation sites (N-methyl/N-ethyl adjacent to an activating group) is 6. The monoisotopic (exact) mass is 1630 g/mol. The van der Waals surface area contributed by atoms with Crippen LogP contribution in [0.1, 0.15) is 104 Å². The lowest BCUT2D eigenvalue weighted by atomic mass is 9.68. The number of carbonyl (C=O) groups is 8. The summed E-state index contributed by atoms with van der Waals surface area (Å²) in [6.45, 7) is 0.703. The number of fused-ring (bicyclic) bond motifs is 4. The fourth-order valence-electron chi connectivity index (χ4n) is 14.8. The Labute approximate surface area is 660 Å². The molecule has 2 atom stereocenters. The van der Waals surface area contributed by atoms with Gasteiger partial charge < -0.3 is 44.9 Å². The molecule has 3 aliphatic heterocycles. The quantitative estimate of drug-likeness (QED) is 0.0624. The molecule has 1 saturated heterocycles. The van der Waals surface area contributed by atoms with E-state index in [1.807, 2.05) is 42.5 Å². The SMILES string of the molecule is CN(C[C@](CCC1CCC2(CC1)NC(=O)Cc1ccccc12)(c1ccc(Cl)c(Cl)c1)N(C)C(=O)C(=O)N(C)c1ccccc1)C(=O)CC(F)(F)F.CN(C[C@](CCN1CCC2(CC1)NC(=O)Cc1ccccc12)(c1ccc(Cl)c(Cl)c1)N(C)C(=O)C(=O)N(C)c1ccccc1)C(=O)CC(F)(F)F.Cl.Cl.S.S. The van der Waals surface area contributed by atoms with Gasteiger partial charge in [0, 0.05) is 86.4 Å². The second-order valence-electron chi connectivity index (χ2n) is 27.0. The predicted molar refractivity (Wildman–Crippen MR) is 415 cm³/mol. The van der Waals surface area contributed by atoms with Crippen LogP contribution in [0.3, 0.4) is 0 Å². The summed E-state index contributed by atoms with van der Waals surface area (Å²) in [7, 11) is 8.24. The van der Waals surface area contributed by atoms with E-state index < -0.39 is 82.8 Å². The molecule has 0 aromatic heterocycles. The largest absolute Gasteiger partial charge is 0.397 e. The van der Waals surface area contributed by atoms with Crippen molar-refractivity contribution < 1.29 is 64.7 Å². The Bertz CT molecular complexity index is 3850. The number of piperidine rings is 1. The molecular weight excluding hydrogens is 1550 g/mol. The summed E-state index contributed by atoms with van der Waals surface area (Å²) in [4.78, 5) is 116. The van der Waals surface area contributed by atoms with E-state index in [2.05, 4.69) is 21.6 Å². The van der Waals surface area contributed by atoms with Gasteiger partial charge in [-0.2, -0.15) is 53.3 Å². The van der Waals surface area contributed by atoms with Crippen LogP contribution in [0.5, 0.6) is 0 Å². The van der Waals surface area contributed by atoms with Gasteiger partial charge in [0.2, 0.25) is 23.6 Å². The Hall–Kier alpha value is -6.94. The number of amides is 8. The number of para-hydroxylation sites is 2. The normalized spacial score (nSPS) is 17.6. The zero-order chi connectivity index (χ0) is 74.3. The van der Waals surface area contributed by atoms with Crippen molar-refractivity contribution in [2.75, 3.05) is 84.8 Å². The number of hydrogen-bond donors (Lipinski definition) is 2. The minimum atomic E-state index is -4.76. The maximum atomic E-state index is 14.2. The summed E-state index contributed by atoms with van der Waals surface area (Å²) in [6.07, 6.45) is -7.46. The fourth-order valence-corrected chi connectivity index (χ4v) is 15.4. The minimum absolute atomic E-state index is 0. The van der Waals surface area contributed by atoms with E-state index in [1.54, 1.807) is 72.8 Å². The number of rotatable bonds is 18. The lowest BCUT2D eigenvalue weighted by molar-refractivity contribution is -0.164. The molecule has 10 rings (SSSR count). The molecule has 0 unspecified atom stereocenters. The maximum Gasteiger partial charge on any atom is 0.397 e. The number of halogens is 12. The number of anilines is 2. The molecule has 1 aliphatic carbocycles. The van der Waals surface area contributed by atoms with Crippen LogP contribution in [0, 0.1) is 5.92 Å². The Morgan fingerprint density at radius 2 is 0.840 bits per heavy atom. The van der Waals surface area contributed by atoms with Crippen molar-refractivity contribution in [3.8, 4) is 0 Å². The van der Waals surface area contributed by atoms with Crippen LogP contribution < -0.4 is 20.4 Å². The number of benzene rings is 6. The number of hydrogen-bond acceptors (Lipinski definition) is 9. The summed E-state index contributed by atoms with van der Waals surface area (Å²) in [5.41, 5.74) is 1.88. The van der Waals surface area contributed by atoms with Crippen LogP contribution in [0.15, 0.2) is 146 Å². The zero-order valence-corrected chi connectivity index (χ0v) is 65.8. The van der Waals surface area contributed by atoms with Gasteiger partial charge in [-0.05, 0) is 146 Å². The maximum absolute atomic E-state index is 14.2. The van der Waals surface area contributed by atoms with Gasteiger partial charge in [-0.1, -0.05) is 143 Å². The molecule has 6 aromatic rings. The number of nitrogens with zero attached hydrogens (tertiary/aromatic N) is 7. The Morgan fingerprint density at radius 1 is 0.481 bits per heavy atom. The summed E-state index contributed by atoms with van der Waals surface area (Å²) in [6, 6.07) is 42.2. The van der Waals surface area contributed by atoms with Gasteiger partial charge in [0.1, 0.15) is 12.8 Å². The third kappa shape index (κ3) is 20.9. The number of carbonyl (C=O) groups excluding carboxylic acids is 8. The van der Waals surface area contributed by atoms with Crippen molar-refractivity contribution in [1.82, 2.24) is 35.1 Å². The van der Waals surface area contributed by atoms with Gasteiger partial charge in [-0.25, -0.2) is 0 Å². The second-order valence-corrected chi connectivity index (χ2v) is 28.7. The van der Waals surface area contributed by atoms with Crippen molar-refractivity contribution in [2.45, 2.75) is 118 Å². The van der Waals surface area contributed by atoms with Crippen LogP contribution in [0.25, 0.3) is 0 Å². The number of alkyl halides is 6. The van der Waals surface area contributed by atoms with Crippen molar-refractivity contribution in [3.05, 3.63) is 199 Å². The Morgan fingerprint density at radius 3 is 1.22 bits per heavy atom. The first-order valence-electron chi connectivity index (χ1n) is 33.4. The molecule has 2 N–H and O–H groups in total. The highest BCUT2D eigenvalue weighted by Crippen LogP contribution is 2.47. The molecule has 1 saturated carbocycles. The summed E-state index contributed by atoms with van der Waals surface area (Å²) in [5.74, 6) is -5.98. The molecule has 0 bridgehead atoms. The molecule has 0 radical (unpaired) electrons. The molecule has 3 heterocycles. The van der Waals surface area contributed by atoms with Gasteiger partial charge in [-0.15, -0.1) is 24.8 Å². The molecule has 6 aromatic carbocycles. The molecule has 106 heavy (non-hydrogen) atoms. The first-order valence-corrected chi connectivity index (χ1v) is 34.9. The van der Waals surface area contributed by atoms with Gasteiger partial charge in [-0.3, -0.25) is 38.4 Å². The van der Waals surface area contributed by atoms with E-state index in [9.17, 15) is 64.7 Å². The molecule has 8 amide bonds. The van der Waals surface area contributed by atoms with Gasteiger partial charge in [0.25, 0.3) is 0 Å². The van der Waals surface area contributed by atoms with Gasteiger partial charge >= 0.3 is 36.0 Å². The standard InChI is InChI=1S/C38H41Cl2F3N4O4.C37H40Cl2F3N5O4.2ClH.2H2S/c1-45(33(49)23-38(41,42)43)24-37(27-13-14-30(39)31(40)22-27,47(3)35(51)34(50)46(2)28-10-5-4-6-11-28)20-17-25-15-18-36(19-16-25)29-12-8-7-9-26(29)21-32(48)44-36;1-44(32(49)23-37(40,41)42)24-36(26-13-14-29(38)30(39)22-26,46(3)34(51)33(50)45(2)27-10-5-4-6-11-27)17-20-47-18-15-35(16-19-47)28-12-8-7-9-25(28)21-31(48)43-35;;;;/h4-14,22,25H,15-21,23-24H2,1-3H3,(H,44,48);4-14,22H,15-21,23-24H2,1-3H3,(H,43,48);2*1H;2*1H2/t25?,36?,37-;36-;;;;/m11..../s1. The van der Waals surface area contributed by atoms with E-state index in [1.165, 1.54) is 86.2 Å². The topological polar surface area (TPSA) is 183 Å². The Kier molecular flexibility index (Phi) is 31.7. The smallest absolute Gasteiger partial charge is 0.346 e. The third-order valence-electron chi connectivity index (χ3n) is 20.6.